The Balaban J connectivity index is 1.36. The summed E-state index contributed by atoms with van der Waals surface area (Å²) in [6.07, 6.45) is 6.31. The molecule has 5 N–H and O–H groups in total. The summed E-state index contributed by atoms with van der Waals surface area (Å²) in [4.78, 5) is 25.6. The van der Waals surface area contributed by atoms with Crippen molar-refractivity contribution in [1.29, 1.82) is 0 Å². The van der Waals surface area contributed by atoms with E-state index in [9.17, 15) is 9.90 Å². The lowest BCUT2D eigenvalue weighted by Crippen LogP contribution is -2.25. The van der Waals surface area contributed by atoms with Crippen molar-refractivity contribution in [3.05, 3.63) is 53.1 Å². The second-order valence-corrected chi connectivity index (χ2v) is 9.15. The van der Waals surface area contributed by atoms with Gasteiger partial charge in [0.25, 0.3) is 0 Å². The van der Waals surface area contributed by atoms with Gasteiger partial charge < -0.3 is 21.5 Å². The van der Waals surface area contributed by atoms with E-state index in [1.165, 1.54) is 0 Å². The number of nitrogens with zero attached hydrogens (tertiary/aromatic N) is 5. The molecule has 178 valence electrons. The SMILES string of the molecule is Cc1c(-c2cc3cc(Nc4cc5n(n4)CC(=O)NCC5)ncc3c(N)n2)cnc2c1[C@H](O)CCC2. The molecule has 0 spiro atoms. The number of rotatable bonds is 3. The molecule has 1 amide bonds. The van der Waals surface area contributed by atoms with Crippen LogP contribution >= 0.6 is 0 Å². The summed E-state index contributed by atoms with van der Waals surface area (Å²) >= 11 is 0. The summed E-state index contributed by atoms with van der Waals surface area (Å²) in [6.45, 7) is 2.81. The van der Waals surface area contributed by atoms with Crippen LogP contribution in [-0.4, -0.2) is 42.3 Å². The average Bonchev–Trinajstić information content (AvgIpc) is 3.10. The number of aryl methyl sites for hydroxylation is 1. The molecule has 35 heavy (non-hydrogen) atoms. The molecule has 4 aromatic heterocycles. The fraction of sp³-hybridized carbons (Fsp3) is 0.320. The van der Waals surface area contributed by atoms with E-state index in [1.807, 2.05) is 31.3 Å². The molecule has 4 aromatic rings. The van der Waals surface area contributed by atoms with Gasteiger partial charge in [0.2, 0.25) is 5.91 Å². The van der Waals surface area contributed by atoms with E-state index < -0.39 is 6.10 Å². The number of carbonyl (C=O) groups is 1. The van der Waals surface area contributed by atoms with Crippen molar-refractivity contribution in [2.45, 2.75) is 45.3 Å². The monoisotopic (exact) mass is 470 g/mol. The maximum atomic E-state index is 11.8. The molecule has 0 saturated carbocycles. The van der Waals surface area contributed by atoms with Crippen molar-refractivity contribution in [3.8, 4) is 11.3 Å². The highest BCUT2D eigenvalue weighted by molar-refractivity contribution is 5.95. The van der Waals surface area contributed by atoms with Gasteiger partial charge in [-0.05, 0) is 49.3 Å². The number of pyridine rings is 3. The molecule has 10 heteroatoms. The summed E-state index contributed by atoms with van der Waals surface area (Å²) in [7, 11) is 0. The number of anilines is 3. The number of carbonyl (C=O) groups excluding carboxylic acids is 1. The molecule has 6 rings (SSSR count). The molecule has 0 radical (unpaired) electrons. The minimum Gasteiger partial charge on any atom is -0.388 e. The fourth-order valence-electron chi connectivity index (χ4n) is 5.07. The minimum absolute atomic E-state index is 0.0442. The van der Waals surface area contributed by atoms with Crippen molar-refractivity contribution in [2.24, 2.45) is 0 Å². The molecule has 5 heterocycles. The van der Waals surface area contributed by atoms with E-state index in [2.05, 4.69) is 30.7 Å². The third-order valence-electron chi connectivity index (χ3n) is 6.83. The zero-order chi connectivity index (χ0) is 24.1. The molecular formula is C25H26N8O2. The Labute approximate surface area is 201 Å². The highest BCUT2D eigenvalue weighted by atomic mass is 16.3. The molecule has 0 bridgehead atoms. The van der Waals surface area contributed by atoms with Crippen LogP contribution in [0.5, 0.6) is 0 Å². The van der Waals surface area contributed by atoms with Gasteiger partial charge in [-0.25, -0.2) is 9.97 Å². The summed E-state index contributed by atoms with van der Waals surface area (Å²) in [5.74, 6) is 1.58. The number of nitrogens with one attached hydrogen (secondary N) is 2. The highest BCUT2D eigenvalue weighted by Crippen LogP contribution is 2.36. The Morgan fingerprint density at radius 2 is 2.06 bits per heavy atom. The number of aromatic nitrogens is 5. The van der Waals surface area contributed by atoms with Crippen molar-refractivity contribution in [3.63, 3.8) is 0 Å². The van der Waals surface area contributed by atoms with Gasteiger partial charge in [-0.2, -0.15) is 5.10 Å². The molecule has 10 nitrogen and oxygen atoms in total. The van der Waals surface area contributed by atoms with Gasteiger partial charge in [-0.15, -0.1) is 0 Å². The second kappa shape index (κ2) is 8.31. The van der Waals surface area contributed by atoms with Crippen LogP contribution in [0.1, 0.15) is 41.5 Å². The average molecular weight is 471 g/mol. The lowest BCUT2D eigenvalue weighted by molar-refractivity contribution is -0.121. The van der Waals surface area contributed by atoms with Crippen molar-refractivity contribution >= 4 is 34.1 Å². The van der Waals surface area contributed by atoms with Crippen LogP contribution < -0.4 is 16.4 Å². The number of amides is 1. The quantitative estimate of drug-likeness (QED) is 0.358. The number of aliphatic hydroxyl groups excluding tert-OH is 1. The molecule has 0 fully saturated rings. The van der Waals surface area contributed by atoms with E-state index >= 15 is 0 Å². The van der Waals surface area contributed by atoms with Crippen LogP contribution in [0.4, 0.5) is 17.5 Å². The Hall–Kier alpha value is -4.05. The van der Waals surface area contributed by atoms with Gasteiger partial charge in [0.05, 0.1) is 11.8 Å². The lowest BCUT2D eigenvalue weighted by atomic mass is 9.88. The van der Waals surface area contributed by atoms with E-state index in [4.69, 9.17) is 5.73 Å². The molecule has 0 aromatic carbocycles. The second-order valence-electron chi connectivity index (χ2n) is 9.15. The van der Waals surface area contributed by atoms with Crippen LogP contribution in [0.15, 0.2) is 30.6 Å². The third-order valence-corrected chi connectivity index (χ3v) is 6.83. The van der Waals surface area contributed by atoms with E-state index in [0.717, 1.165) is 64.5 Å². The smallest absolute Gasteiger partial charge is 0.241 e. The maximum Gasteiger partial charge on any atom is 0.241 e. The number of aliphatic hydroxyl groups is 1. The summed E-state index contributed by atoms with van der Waals surface area (Å²) in [6, 6.07) is 5.81. The predicted molar refractivity (Wildman–Crippen MR) is 132 cm³/mol. The first-order chi connectivity index (χ1) is 17.0. The molecule has 0 unspecified atom stereocenters. The summed E-state index contributed by atoms with van der Waals surface area (Å²) in [5.41, 5.74) is 11.7. The van der Waals surface area contributed by atoms with Crippen LogP contribution in [0.25, 0.3) is 22.0 Å². The first-order valence-corrected chi connectivity index (χ1v) is 11.8. The first kappa shape index (κ1) is 21.5. The summed E-state index contributed by atoms with van der Waals surface area (Å²) < 4.78 is 1.71. The van der Waals surface area contributed by atoms with Gasteiger partial charge in [0, 0.05) is 59.3 Å². The van der Waals surface area contributed by atoms with Gasteiger partial charge in [-0.1, -0.05) is 0 Å². The maximum absolute atomic E-state index is 11.8. The Bertz CT molecular complexity index is 1480. The van der Waals surface area contributed by atoms with Crippen molar-refractivity contribution in [2.75, 3.05) is 17.6 Å². The Morgan fingerprint density at radius 3 is 2.94 bits per heavy atom. The molecule has 1 aliphatic carbocycles. The van der Waals surface area contributed by atoms with Gasteiger partial charge >= 0.3 is 0 Å². The van der Waals surface area contributed by atoms with Gasteiger partial charge in [-0.3, -0.25) is 14.5 Å². The van der Waals surface area contributed by atoms with Crippen molar-refractivity contribution in [1.82, 2.24) is 30.0 Å². The van der Waals surface area contributed by atoms with E-state index in [1.54, 1.807) is 10.9 Å². The lowest BCUT2D eigenvalue weighted by Gasteiger charge is -2.24. The number of hydrogen-bond acceptors (Lipinski definition) is 8. The highest BCUT2D eigenvalue weighted by Gasteiger charge is 2.24. The van der Waals surface area contributed by atoms with Crippen molar-refractivity contribution < 1.29 is 9.90 Å². The normalized spacial score (nSPS) is 17.4. The predicted octanol–water partition coefficient (Wildman–Crippen LogP) is 2.56. The molecule has 2 aliphatic rings. The minimum atomic E-state index is -0.500. The van der Waals surface area contributed by atoms with E-state index in [0.29, 0.717) is 29.7 Å². The first-order valence-electron chi connectivity index (χ1n) is 11.8. The zero-order valence-corrected chi connectivity index (χ0v) is 19.4. The molecule has 1 aliphatic heterocycles. The molecule has 1 atom stereocenters. The van der Waals surface area contributed by atoms with Crippen LogP contribution in [0, 0.1) is 6.92 Å². The number of nitrogens with two attached hydrogens (primary N) is 1. The Morgan fingerprint density at radius 1 is 1.17 bits per heavy atom. The molecular weight excluding hydrogens is 444 g/mol. The standard InChI is InChI=1S/C25H26N8O2/c1-13-16(10-28-18-3-2-4-20(34)24(13)18)19-7-14-8-21(29-11-17(14)25(26)30-19)31-22-9-15-5-6-27-23(35)12-33(15)32-22/h7-11,20,34H,2-6,12H2,1H3,(H2,26,30)(H,27,35)(H,29,31,32)/t20-/m1/s1. The van der Waals surface area contributed by atoms with Crippen LogP contribution in [-0.2, 0) is 24.2 Å². The Kier molecular flexibility index (Phi) is 5.10. The van der Waals surface area contributed by atoms with E-state index in [-0.39, 0.29) is 12.5 Å². The van der Waals surface area contributed by atoms with Gasteiger partial charge in [0.1, 0.15) is 18.2 Å². The summed E-state index contributed by atoms with van der Waals surface area (Å²) in [5, 5.41) is 22.8. The fourth-order valence-corrected chi connectivity index (χ4v) is 5.07. The molecule has 0 saturated heterocycles. The third kappa shape index (κ3) is 3.85. The topological polar surface area (TPSA) is 144 Å². The van der Waals surface area contributed by atoms with Gasteiger partial charge in [0.15, 0.2) is 5.82 Å². The number of nitrogen functional groups attached to an aromatic ring is 1. The van der Waals surface area contributed by atoms with Crippen LogP contribution in [0.3, 0.4) is 0 Å². The zero-order valence-electron chi connectivity index (χ0n) is 19.4. The van der Waals surface area contributed by atoms with Crippen LogP contribution in [0.2, 0.25) is 0 Å². The number of fused-ring (bicyclic) bond motifs is 3. The largest absolute Gasteiger partial charge is 0.388 e. The number of hydrogen-bond donors (Lipinski definition) is 4.